The van der Waals surface area contributed by atoms with Crippen LogP contribution in [0.3, 0.4) is 0 Å². The molecule has 0 fully saturated rings. The van der Waals surface area contributed by atoms with Gasteiger partial charge in [0.05, 0.1) is 24.3 Å². The molecule has 0 bridgehead atoms. The Morgan fingerprint density at radius 3 is 2.50 bits per heavy atom. The van der Waals surface area contributed by atoms with Gasteiger partial charge in [0.15, 0.2) is 5.75 Å². The molecular formula is C9H4BrF5N2O. The number of rotatable bonds is 3. The minimum atomic E-state index is -5.04. The van der Waals surface area contributed by atoms with Gasteiger partial charge in [0.1, 0.15) is 4.60 Å². The third kappa shape index (κ3) is 3.53. The summed E-state index contributed by atoms with van der Waals surface area (Å²) in [6.45, 7) is 0. The maximum atomic E-state index is 12.7. The minimum absolute atomic E-state index is 0.322. The molecule has 0 saturated heterocycles. The zero-order valence-corrected chi connectivity index (χ0v) is 10.0. The van der Waals surface area contributed by atoms with E-state index in [4.69, 9.17) is 5.26 Å². The van der Waals surface area contributed by atoms with Crippen molar-refractivity contribution in [3.05, 3.63) is 21.9 Å². The summed E-state index contributed by atoms with van der Waals surface area (Å²) in [5, 5.41) is 8.47. The normalized spacial score (nSPS) is 11.4. The molecule has 1 aromatic heterocycles. The molecule has 1 aromatic rings. The van der Waals surface area contributed by atoms with Crippen LogP contribution < -0.4 is 4.74 Å². The molecule has 1 heterocycles. The lowest BCUT2D eigenvalue weighted by Crippen LogP contribution is -2.19. The third-order valence-electron chi connectivity index (χ3n) is 1.84. The van der Waals surface area contributed by atoms with E-state index in [1.165, 1.54) is 6.07 Å². The van der Waals surface area contributed by atoms with E-state index in [1.54, 1.807) is 0 Å². The monoisotopic (exact) mass is 330 g/mol. The Labute approximate surface area is 106 Å². The van der Waals surface area contributed by atoms with Crippen LogP contribution in [0.4, 0.5) is 22.0 Å². The van der Waals surface area contributed by atoms with Crippen LogP contribution in [-0.2, 0) is 6.42 Å². The second-order valence-electron chi connectivity index (χ2n) is 2.99. The number of ether oxygens (including phenoxy) is 1. The second kappa shape index (κ2) is 5.48. The zero-order valence-electron chi connectivity index (χ0n) is 8.43. The summed E-state index contributed by atoms with van der Waals surface area (Å²) < 4.78 is 64.8. The lowest BCUT2D eigenvalue weighted by Gasteiger charge is -2.15. The lowest BCUT2D eigenvalue weighted by atomic mass is 10.1. The van der Waals surface area contributed by atoms with Crippen LogP contribution in [-0.4, -0.2) is 11.3 Å². The molecule has 9 heteroatoms. The fourth-order valence-electron chi connectivity index (χ4n) is 1.22. The lowest BCUT2D eigenvalue weighted by molar-refractivity contribution is -0.275. The summed E-state index contributed by atoms with van der Waals surface area (Å²) in [5.41, 5.74) is -1.31. The fourth-order valence-corrected chi connectivity index (χ4v) is 1.73. The molecule has 0 amide bonds. The van der Waals surface area contributed by atoms with Gasteiger partial charge in [0.25, 0.3) is 6.43 Å². The maximum Gasteiger partial charge on any atom is 0.573 e. The topological polar surface area (TPSA) is 45.9 Å². The Bertz CT molecular complexity index is 483. The molecule has 18 heavy (non-hydrogen) atoms. The van der Waals surface area contributed by atoms with Crippen molar-refractivity contribution in [1.82, 2.24) is 4.98 Å². The zero-order chi connectivity index (χ0) is 13.9. The molecule has 0 aliphatic rings. The van der Waals surface area contributed by atoms with Crippen LogP contribution in [0.15, 0.2) is 10.8 Å². The molecule has 3 nitrogen and oxygen atoms in total. The van der Waals surface area contributed by atoms with E-state index < -0.39 is 36.1 Å². The average Bonchev–Trinajstić information content (AvgIpc) is 2.20. The van der Waals surface area contributed by atoms with Gasteiger partial charge in [-0.05, 0) is 15.9 Å². The number of nitriles is 1. The Balaban J connectivity index is 3.35. The summed E-state index contributed by atoms with van der Waals surface area (Å²) in [6, 6.07) is 1.50. The van der Waals surface area contributed by atoms with Crippen molar-refractivity contribution in [2.75, 3.05) is 0 Å². The van der Waals surface area contributed by atoms with E-state index in [-0.39, 0.29) is 4.60 Å². The standard InChI is InChI=1S/C9H4BrF5N2O/c10-7-6(8(11)12)4(1-2-16)5(3-17-7)18-9(13,14)15/h3,8H,1H2. The van der Waals surface area contributed by atoms with Gasteiger partial charge in [-0.3, -0.25) is 0 Å². The molecule has 0 aliphatic heterocycles. The Morgan fingerprint density at radius 2 is 2.06 bits per heavy atom. The van der Waals surface area contributed by atoms with Crippen LogP contribution >= 0.6 is 15.9 Å². The SMILES string of the molecule is N#CCc1c(OC(F)(F)F)cnc(Br)c1C(F)F. The number of alkyl halides is 5. The number of nitrogens with zero attached hydrogens (tertiary/aromatic N) is 2. The number of halogens is 6. The Kier molecular flexibility index (Phi) is 4.45. The summed E-state index contributed by atoms with van der Waals surface area (Å²) in [6.07, 6.45) is -8.13. The highest BCUT2D eigenvalue weighted by Gasteiger charge is 2.34. The van der Waals surface area contributed by atoms with Crippen LogP contribution in [0, 0.1) is 11.3 Å². The maximum absolute atomic E-state index is 12.7. The van der Waals surface area contributed by atoms with Crippen molar-refractivity contribution >= 4 is 15.9 Å². The molecule has 0 N–H and O–H groups in total. The minimum Gasteiger partial charge on any atom is -0.404 e. The van der Waals surface area contributed by atoms with Gasteiger partial charge in [0.2, 0.25) is 0 Å². The first-order chi connectivity index (χ1) is 8.26. The highest BCUT2D eigenvalue weighted by molar-refractivity contribution is 9.10. The van der Waals surface area contributed by atoms with Crippen molar-refractivity contribution in [2.45, 2.75) is 19.2 Å². The van der Waals surface area contributed by atoms with Crippen LogP contribution in [0.2, 0.25) is 0 Å². The molecule has 1 rings (SSSR count). The molecule has 0 spiro atoms. The number of hydrogen-bond acceptors (Lipinski definition) is 3. The molecule has 0 atom stereocenters. The summed E-state index contributed by atoms with van der Waals surface area (Å²) in [4.78, 5) is 3.33. The first-order valence-corrected chi connectivity index (χ1v) is 5.13. The van der Waals surface area contributed by atoms with Crippen LogP contribution in [0.25, 0.3) is 0 Å². The van der Waals surface area contributed by atoms with Gasteiger partial charge < -0.3 is 4.74 Å². The van der Waals surface area contributed by atoms with E-state index in [0.717, 1.165) is 0 Å². The van der Waals surface area contributed by atoms with Gasteiger partial charge in [0, 0.05) is 5.56 Å². The van der Waals surface area contributed by atoms with Crippen molar-refractivity contribution in [3.63, 3.8) is 0 Å². The Morgan fingerprint density at radius 1 is 1.44 bits per heavy atom. The fraction of sp³-hybridized carbons (Fsp3) is 0.333. The smallest absolute Gasteiger partial charge is 0.404 e. The molecule has 98 valence electrons. The third-order valence-corrected chi connectivity index (χ3v) is 2.47. The first-order valence-electron chi connectivity index (χ1n) is 4.34. The van der Waals surface area contributed by atoms with Gasteiger partial charge in [-0.2, -0.15) is 5.26 Å². The highest BCUT2D eigenvalue weighted by atomic mass is 79.9. The molecule has 0 aliphatic carbocycles. The van der Waals surface area contributed by atoms with Gasteiger partial charge in [-0.15, -0.1) is 13.2 Å². The number of aromatic nitrogens is 1. The van der Waals surface area contributed by atoms with Crippen molar-refractivity contribution in [3.8, 4) is 11.8 Å². The van der Waals surface area contributed by atoms with Crippen LogP contribution in [0.1, 0.15) is 17.6 Å². The van der Waals surface area contributed by atoms with E-state index in [2.05, 4.69) is 25.7 Å². The first kappa shape index (κ1) is 14.6. The molecular weight excluding hydrogens is 327 g/mol. The van der Waals surface area contributed by atoms with E-state index in [0.29, 0.717) is 6.20 Å². The molecule has 0 radical (unpaired) electrons. The summed E-state index contributed by atoms with van der Waals surface area (Å²) in [7, 11) is 0. The summed E-state index contributed by atoms with van der Waals surface area (Å²) in [5.74, 6) is -0.900. The van der Waals surface area contributed by atoms with E-state index in [9.17, 15) is 22.0 Å². The Hall–Kier alpha value is -1.43. The molecule has 0 aromatic carbocycles. The van der Waals surface area contributed by atoms with Crippen molar-refractivity contribution in [2.24, 2.45) is 0 Å². The predicted molar refractivity (Wildman–Crippen MR) is 52.9 cm³/mol. The highest BCUT2D eigenvalue weighted by Crippen LogP contribution is 2.36. The van der Waals surface area contributed by atoms with Gasteiger partial charge in [-0.1, -0.05) is 0 Å². The summed E-state index contributed by atoms with van der Waals surface area (Å²) >= 11 is 2.69. The molecule has 0 unspecified atom stereocenters. The largest absolute Gasteiger partial charge is 0.573 e. The predicted octanol–water partition coefficient (Wildman–Crippen LogP) is 3.75. The number of hydrogen-bond donors (Lipinski definition) is 0. The number of pyridine rings is 1. The van der Waals surface area contributed by atoms with Crippen LogP contribution in [0.5, 0.6) is 5.75 Å². The van der Waals surface area contributed by atoms with E-state index in [1.807, 2.05) is 0 Å². The average molecular weight is 331 g/mol. The van der Waals surface area contributed by atoms with Crippen molar-refractivity contribution < 1.29 is 26.7 Å². The van der Waals surface area contributed by atoms with Crippen molar-refractivity contribution in [1.29, 1.82) is 5.26 Å². The quantitative estimate of drug-likeness (QED) is 0.626. The second-order valence-corrected chi connectivity index (χ2v) is 3.74. The van der Waals surface area contributed by atoms with E-state index >= 15 is 0 Å². The van der Waals surface area contributed by atoms with Gasteiger partial charge >= 0.3 is 6.36 Å². The molecule has 0 saturated carbocycles. The van der Waals surface area contributed by atoms with Gasteiger partial charge in [-0.25, -0.2) is 13.8 Å².